The molecule has 1 saturated heterocycles. The van der Waals surface area contributed by atoms with Crippen LogP contribution < -0.4 is 5.32 Å². The molecule has 3 aliphatic rings. The van der Waals surface area contributed by atoms with E-state index in [4.69, 9.17) is 4.74 Å². The van der Waals surface area contributed by atoms with Crippen LogP contribution in [-0.4, -0.2) is 71.7 Å². The van der Waals surface area contributed by atoms with Crippen LogP contribution in [0.3, 0.4) is 0 Å². The zero-order valence-electron chi connectivity index (χ0n) is 23.8. The summed E-state index contributed by atoms with van der Waals surface area (Å²) in [5.41, 5.74) is 5.56. The van der Waals surface area contributed by atoms with Gasteiger partial charge in [0.05, 0.1) is 0 Å². The van der Waals surface area contributed by atoms with Crippen LogP contribution in [0.4, 0.5) is 4.79 Å². The number of fused-ring (bicyclic) bond motifs is 4. The van der Waals surface area contributed by atoms with Gasteiger partial charge in [-0.05, 0) is 59.5 Å². The summed E-state index contributed by atoms with van der Waals surface area (Å²) in [7, 11) is 1.89. The van der Waals surface area contributed by atoms with E-state index in [1.807, 2.05) is 66.5 Å². The number of likely N-dealkylation sites (tertiary alicyclic amines) is 1. The number of amides is 2. The van der Waals surface area contributed by atoms with E-state index >= 15 is 0 Å². The molecule has 1 saturated carbocycles. The quantitative estimate of drug-likeness (QED) is 0.388. The predicted octanol–water partition coefficient (Wildman–Crippen LogP) is 4.74. The van der Waals surface area contributed by atoms with Crippen LogP contribution in [-0.2, 0) is 20.9 Å². The number of aliphatic carboxylic acids is 1. The lowest BCUT2D eigenvalue weighted by Gasteiger charge is -2.31. The molecule has 0 bridgehead atoms. The second kappa shape index (κ2) is 12.0. The van der Waals surface area contributed by atoms with E-state index in [1.54, 1.807) is 0 Å². The van der Waals surface area contributed by atoms with E-state index < -0.39 is 24.1 Å². The van der Waals surface area contributed by atoms with Crippen LogP contribution in [0.1, 0.15) is 41.9 Å². The van der Waals surface area contributed by atoms with E-state index in [1.165, 1.54) is 4.90 Å². The first-order valence-corrected chi connectivity index (χ1v) is 14.8. The maximum absolute atomic E-state index is 14.0. The molecular formula is C34H37N3O5. The molecule has 1 aliphatic heterocycles. The Morgan fingerprint density at radius 1 is 0.952 bits per heavy atom. The number of nitrogens with one attached hydrogen (secondary N) is 1. The zero-order chi connectivity index (χ0) is 29.2. The minimum atomic E-state index is -0.977. The Labute approximate surface area is 246 Å². The first kappa shape index (κ1) is 28.0. The van der Waals surface area contributed by atoms with Crippen LogP contribution in [0, 0.1) is 11.8 Å². The Balaban J connectivity index is 1.18. The first-order valence-electron chi connectivity index (χ1n) is 14.8. The van der Waals surface area contributed by atoms with Crippen molar-refractivity contribution in [2.24, 2.45) is 11.8 Å². The van der Waals surface area contributed by atoms with Gasteiger partial charge >= 0.3 is 12.1 Å². The first-order chi connectivity index (χ1) is 20.4. The SMILES string of the molecule is CN(Cc1ccccc1)CC(NC(=O)OCC1c2ccccc2-c2ccccc21)C(=O)N1CC2CCCC2C1C(=O)O. The third kappa shape index (κ3) is 5.51. The summed E-state index contributed by atoms with van der Waals surface area (Å²) in [4.78, 5) is 43.0. The Morgan fingerprint density at radius 2 is 1.60 bits per heavy atom. The molecule has 0 aromatic heterocycles. The highest BCUT2D eigenvalue weighted by atomic mass is 16.5. The fourth-order valence-corrected chi connectivity index (χ4v) is 7.29. The smallest absolute Gasteiger partial charge is 0.407 e. The van der Waals surface area contributed by atoms with Crippen molar-refractivity contribution in [2.45, 2.75) is 43.8 Å². The van der Waals surface area contributed by atoms with Gasteiger partial charge in [0.2, 0.25) is 5.91 Å². The summed E-state index contributed by atoms with van der Waals surface area (Å²) in [6.07, 6.45) is 2.04. The van der Waals surface area contributed by atoms with Gasteiger partial charge in [-0.3, -0.25) is 9.69 Å². The normalized spacial score (nSPS) is 21.5. The van der Waals surface area contributed by atoms with Gasteiger partial charge < -0.3 is 20.1 Å². The number of carbonyl (C=O) groups excluding carboxylic acids is 2. The van der Waals surface area contributed by atoms with Crippen molar-refractivity contribution in [3.63, 3.8) is 0 Å². The molecule has 3 aromatic carbocycles. The predicted molar refractivity (Wildman–Crippen MR) is 159 cm³/mol. The Bertz CT molecular complexity index is 1410. The van der Waals surface area contributed by atoms with Gasteiger partial charge in [0.25, 0.3) is 0 Å². The number of nitrogens with zero attached hydrogens (tertiary/aromatic N) is 2. The van der Waals surface area contributed by atoms with E-state index in [-0.39, 0.29) is 36.8 Å². The highest BCUT2D eigenvalue weighted by Crippen LogP contribution is 2.45. The summed E-state index contributed by atoms with van der Waals surface area (Å²) in [5.74, 6) is -1.30. The molecule has 8 nitrogen and oxygen atoms in total. The Morgan fingerprint density at radius 3 is 2.26 bits per heavy atom. The molecule has 4 unspecified atom stereocenters. The van der Waals surface area contributed by atoms with Gasteiger partial charge in [-0.2, -0.15) is 0 Å². The van der Waals surface area contributed by atoms with Gasteiger partial charge in [-0.15, -0.1) is 0 Å². The molecule has 3 aromatic rings. The van der Waals surface area contributed by atoms with Crippen LogP contribution in [0.2, 0.25) is 0 Å². The summed E-state index contributed by atoms with van der Waals surface area (Å²) >= 11 is 0. The minimum Gasteiger partial charge on any atom is -0.480 e. The number of alkyl carbamates (subject to hydrolysis) is 1. The molecule has 6 rings (SSSR count). The number of benzene rings is 3. The van der Waals surface area contributed by atoms with E-state index in [0.29, 0.717) is 13.1 Å². The second-order valence-corrected chi connectivity index (χ2v) is 11.8. The molecule has 2 fully saturated rings. The van der Waals surface area contributed by atoms with Crippen molar-refractivity contribution in [1.82, 2.24) is 15.1 Å². The summed E-state index contributed by atoms with van der Waals surface area (Å²) in [5, 5.41) is 12.9. The fraction of sp³-hybridized carbons (Fsp3) is 0.382. The van der Waals surface area contributed by atoms with Gasteiger partial charge in [0.15, 0.2) is 0 Å². The van der Waals surface area contributed by atoms with Crippen molar-refractivity contribution in [2.75, 3.05) is 26.7 Å². The summed E-state index contributed by atoms with van der Waals surface area (Å²) in [6.45, 7) is 1.33. The molecule has 4 atom stereocenters. The maximum atomic E-state index is 14.0. The van der Waals surface area contributed by atoms with Crippen LogP contribution in [0.5, 0.6) is 0 Å². The van der Waals surface area contributed by atoms with Crippen LogP contribution >= 0.6 is 0 Å². The molecular weight excluding hydrogens is 530 g/mol. The lowest BCUT2D eigenvalue weighted by Crippen LogP contribution is -2.56. The molecule has 0 spiro atoms. The summed E-state index contributed by atoms with van der Waals surface area (Å²) in [6, 6.07) is 24.3. The molecule has 2 amide bonds. The van der Waals surface area contributed by atoms with E-state index in [0.717, 1.165) is 47.1 Å². The Kier molecular flexibility index (Phi) is 7.98. The zero-order valence-corrected chi connectivity index (χ0v) is 23.8. The van der Waals surface area contributed by atoms with Crippen molar-refractivity contribution in [1.29, 1.82) is 0 Å². The number of hydrogen-bond acceptors (Lipinski definition) is 5. The van der Waals surface area contributed by atoms with Crippen molar-refractivity contribution >= 4 is 18.0 Å². The number of rotatable bonds is 9. The monoisotopic (exact) mass is 567 g/mol. The maximum Gasteiger partial charge on any atom is 0.407 e. The summed E-state index contributed by atoms with van der Waals surface area (Å²) < 4.78 is 5.78. The van der Waals surface area contributed by atoms with Gasteiger partial charge in [-0.1, -0.05) is 85.3 Å². The molecule has 218 valence electrons. The molecule has 42 heavy (non-hydrogen) atoms. The lowest BCUT2D eigenvalue weighted by molar-refractivity contribution is -0.150. The Hall–Kier alpha value is -4.17. The van der Waals surface area contributed by atoms with E-state index in [9.17, 15) is 19.5 Å². The number of hydrogen-bond donors (Lipinski definition) is 2. The number of carboxylic acid groups (broad SMARTS) is 1. The average molecular weight is 568 g/mol. The molecule has 2 N–H and O–H groups in total. The highest BCUT2D eigenvalue weighted by Gasteiger charge is 2.50. The van der Waals surface area contributed by atoms with Crippen molar-refractivity contribution in [3.8, 4) is 11.1 Å². The minimum absolute atomic E-state index is 0.0383. The fourth-order valence-electron chi connectivity index (χ4n) is 7.29. The molecule has 1 heterocycles. The van der Waals surface area contributed by atoms with Gasteiger partial charge in [0.1, 0.15) is 18.7 Å². The molecule has 2 aliphatic carbocycles. The molecule has 0 radical (unpaired) electrons. The van der Waals surface area contributed by atoms with Crippen molar-refractivity contribution < 1.29 is 24.2 Å². The van der Waals surface area contributed by atoms with Crippen molar-refractivity contribution in [3.05, 3.63) is 95.6 Å². The second-order valence-electron chi connectivity index (χ2n) is 11.8. The number of carbonyl (C=O) groups is 3. The third-order valence-corrected chi connectivity index (χ3v) is 9.15. The van der Waals surface area contributed by atoms with E-state index in [2.05, 4.69) is 29.6 Å². The van der Waals surface area contributed by atoms with Crippen LogP contribution in [0.15, 0.2) is 78.9 Å². The lowest BCUT2D eigenvalue weighted by atomic mass is 9.94. The van der Waals surface area contributed by atoms with Crippen LogP contribution in [0.25, 0.3) is 11.1 Å². The topological polar surface area (TPSA) is 99.2 Å². The standard InChI is InChI=1S/C34H37N3O5/c1-36(18-22-10-3-2-4-11-22)20-30(32(38)37-19-23-12-9-17-24(23)31(37)33(39)40)35-34(41)42-21-29-27-15-7-5-13-25(27)26-14-6-8-16-28(26)29/h2-8,10-11,13-16,23-24,29-31H,9,12,17-21H2,1H3,(H,35,41)(H,39,40). The average Bonchev–Trinajstić information content (AvgIpc) is 3.67. The third-order valence-electron chi connectivity index (χ3n) is 9.15. The number of likely N-dealkylation sites (N-methyl/N-ethyl adjacent to an activating group) is 1. The number of carboxylic acids is 1. The van der Waals surface area contributed by atoms with Gasteiger partial charge in [-0.25, -0.2) is 9.59 Å². The largest absolute Gasteiger partial charge is 0.480 e. The van der Waals surface area contributed by atoms with Gasteiger partial charge in [0, 0.05) is 25.6 Å². The highest BCUT2D eigenvalue weighted by molar-refractivity contribution is 5.90. The molecule has 8 heteroatoms. The number of ether oxygens (including phenoxy) is 1.